The zero-order valence-electron chi connectivity index (χ0n) is 45.5. The van der Waals surface area contributed by atoms with Gasteiger partial charge in [0.05, 0.1) is 0 Å². The molecule has 0 heterocycles. The topological polar surface area (TPSA) is 78.9 Å². The summed E-state index contributed by atoms with van der Waals surface area (Å²) in [5.74, 6) is -0.854. The van der Waals surface area contributed by atoms with Gasteiger partial charge in [-0.05, 0) is 44.9 Å². The van der Waals surface area contributed by atoms with Gasteiger partial charge in [-0.3, -0.25) is 14.4 Å². The molecule has 1 unspecified atom stereocenters. The van der Waals surface area contributed by atoms with Crippen molar-refractivity contribution in [3.63, 3.8) is 0 Å². The van der Waals surface area contributed by atoms with Crippen LogP contribution in [0.5, 0.6) is 0 Å². The van der Waals surface area contributed by atoms with Crippen molar-refractivity contribution in [3.05, 3.63) is 12.2 Å². The van der Waals surface area contributed by atoms with Crippen LogP contribution < -0.4 is 0 Å². The molecule has 0 rings (SSSR count). The molecule has 6 heteroatoms. The van der Waals surface area contributed by atoms with Gasteiger partial charge in [0.2, 0.25) is 0 Å². The highest BCUT2D eigenvalue weighted by atomic mass is 16.6. The van der Waals surface area contributed by atoms with Crippen molar-refractivity contribution in [2.75, 3.05) is 13.2 Å². The summed E-state index contributed by atoms with van der Waals surface area (Å²) in [5, 5.41) is 0. The molecule has 67 heavy (non-hydrogen) atoms. The summed E-state index contributed by atoms with van der Waals surface area (Å²) in [6.07, 6.45) is 65.1. The number of esters is 3. The smallest absolute Gasteiger partial charge is 0.306 e. The van der Waals surface area contributed by atoms with Crippen LogP contribution >= 0.6 is 0 Å². The number of hydrogen-bond donors (Lipinski definition) is 0. The maximum Gasteiger partial charge on any atom is 0.306 e. The second kappa shape index (κ2) is 56.7. The molecule has 0 N–H and O–H groups in total. The molecule has 0 amide bonds. The third-order valence-electron chi connectivity index (χ3n) is 13.8. The first-order valence-corrected chi connectivity index (χ1v) is 30.2. The first kappa shape index (κ1) is 65.1. The standard InChI is InChI=1S/C61H116O6/c1-4-7-10-13-16-19-22-24-26-27-28-29-30-31-32-33-34-36-37-39-42-45-48-51-54-60(63)66-57-58(56-65-59(62)53-50-47-44-41-21-18-15-12-9-6-3)67-61(64)55-52-49-46-43-40-38-35-25-23-20-17-14-11-8-5-2/h25,35,58H,4-24,26-34,36-57H2,1-3H3/b35-25-. The predicted molar refractivity (Wildman–Crippen MR) is 289 cm³/mol. The average molecular weight is 946 g/mol. The van der Waals surface area contributed by atoms with E-state index in [1.165, 1.54) is 238 Å². The highest BCUT2D eigenvalue weighted by Crippen LogP contribution is 2.18. The minimum atomic E-state index is -0.768. The van der Waals surface area contributed by atoms with Gasteiger partial charge < -0.3 is 14.2 Å². The first-order valence-electron chi connectivity index (χ1n) is 30.2. The molecule has 0 bridgehead atoms. The Hall–Kier alpha value is -1.85. The van der Waals surface area contributed by atoms with Gasteiger partial charge in [-0.25, -0.2) is 0 Å². The number of ether oxygens (including phenoxy) is 3. The summed E-state index contributed by atoms with van der Waals surface area (Å²) >= 11 is 0. The van der Waals surface area contributed by atoms with Gasteiger partial charge >= 0.3 is 17.9 Å². The Morgan fingerprint density at radius 3 is 0.746 bits per heavy atom. The number of carbonyl (C=O) groups is 3. The van der Waals surface area contributed by atoms with E-state index in [4.69, 9.17) is 14.2 Å². The molecule has 0 aromatic heterocycles. The fourth-order valence-corrected chi connectivity index (χ4v) is 9.21. The zero-order chi connectivity index (χ0) is 48.6. The molecule has 0 aliphatic rings. The number of rotatable bonds is 56. The molecule has 0 aliphatic heterocycles. The third-order valence-corrected chi connectivity index (χ3v) is 13.8. The Balaban J connectivity index is 4.16. The molecule has 0 aromatic carbocycles. The maximum atomic E-state index is 12.8. The monoisotopic (exact) mass is 945 g/mol. The average Bonchev–Trinajstić information content (AvgIpc) is 3.33. The Morgan fingerprint density at radius 2 is 0.493 bits per heavy atom. The van der Waals surface area contributed by atoms with Crippen LogP contribution in [0.4, 0.5) is 0 Å². The van der Waals surface area contributed by atoms with E-state index in [2.05, 4.69) is 32.9 Å². The second-order valence-electron chi connectivity index (χ2n) is 20.6. The fraction of sp³-hybridized carbons (Fsp3) is 0.918. The Morgan fingerprint density at radius 1 is 0.284 bits per heavy atom. The molecule has 396 valence electrons. The van der Waals surface area contributed by atoms with Crippen LogP contribution in [-0.4, -0.2) is 37.2 Å². The van der Waals surface area contributed by atoms with Gasteiger partial charge in [-0.1, -0.05) is 290 Å². The van der Waals surface area contributed by atoms with Crippen LogP contribution in [0.15, 0.2) is 12.2 Å². The first-order chi connectivity index (χ1) is 33.0. The van der Waals surface area contributed by atoms with E-state index in [9.17, 15) is 14.4 Å². The van der Waals surface area contributed by atoms with Crippen molar-refractivity contribution >= 4 is 17.9 Å². The summed E-state index contributed by atoms with van der Waals surface area (Å²) in [4.78, 5) is 38.1. The molecule has 0 fully saturated rings. The Bertz CT molecular complexity index is 1040. The largest absolute Gasteiger partial charge is 0.462 e. The minimum absolute atomic E-state index is 0.0676. The maximum absolute atomic E-state index is 12.8. The molecule has 0 spiro atoms. The number of allylic oxidation sites excluding steroid dienone is 2. The number of unbranched alkanes of at least 4 members (excludes halogenated alkanes) is 43. The highest BCUT2D eigenvalue weighted by molar-refractivity contribution is 5.71. The molecule has 0 saturated heterocycles. The van der Waals surface area contributed by atoms with E-state index >= 15 is 0 Å². The summed E-state index contributed by atoms with van der Waals surface area (Å²) in [6, 6.07) is 0. The van der Waals surface area contributed by atoms with E-state index in [0.717, 1.165) is 64.2 Å². The van der Waals surface area contributed by atoms with Crippen molar-refractivity contribution in [1.82, 2.24) is 0 Å². The van der Waals surface area contributed by atoms with Crippen LogP contribution in [0, 0.1) is 0 Å². The van der Waals surface area contributed by atoms with Crippen LogP contribution in [0.2, 0.25) is 0 Å². The summed E-state index contributed by atoms with van der Waals surface area (Å²) in [6.45, 7) is 6.67. The number of hydrogen-bond acceptors (Lipinski definition) is 6. The van der Waals surface area contributed by atoms with Crippen molar-refractivity contribution in [1.29, 1.82) is 0 Å². The van der Waals surface area contributed by atoms with E-state index in [1.54, 1.807) is 0 Å². The molecular weight excluding hydrogens is 829 g/mol. The normalized spacial score (nSPS) is 12.0. The molecule has 0 saturated carbocycles. The number of carbonyl (C=O) groups excluding carboxylic acids is 3. The molecule has 1 atom stereocenters. The van der Waals surface area contributed by atoms with Crippen molar-refractivity contribution in [3.8, 4) is 0 Å². The van der Waals surface area contributed by atoms with Gasteiger partial charge in [0, 0.05) is 19.3 Å². The third kappa shape index (κ3) is 55.0. The van der Waals surface area contributed by atoms with Crippen LogP contribution in [0.25, 0.3) is 0 Å². The van der Waals surface area contributed by atoms with Gasteiger partial charge in [-0.2, -0.15) is 0 Å². The van der Waals surface area contributed by atoms with Gasteiger partial charge in [0.25, 0.3) is 0 Å². The SMILES string of the molecule is CCCCCCCC/C=C\CCCCCCCC(=O)OC(COC(=O)CCCCCCCCCCCC)COC(=O)CCCCCCCCCCCCCCCCCCCCCCCCCC. The molecule has 0 aromatic rings. The summed E-state index contributed by atoms with van der Waals surface area (Å²) in [5.41, 5.74) is 0. The molecule has 6 nitrogen and oxygen atoms in total. The lowest BCUT2D eigenvalue weighted by Gasteiger charge is -2.18. The van der Waals surface area contributed by atoms with Crippen molar-refractivity contribution in [2.24, 2.45) is 0 Å². The Labute approximate surface area is 418 Å². The second-order valence-corrected chi connectivity index (χ2v) is 20.6. The van der Waals surface area contributed by atoms with E-state index in [1.807, 2.05) is 0 Å². The predicted octanol–water partition coefficient (Wildman–Crippen LogP) is 20.1. The highest BCUT2D eigenvalue weighted by Gasteiger charge is 2.19. The Kier molecular flexibility index (Phi) is 55.2. The van der Waals surface area contributed by atoms with E-state index in [-0.39, 0.29) is 31.1 Å². The lowest BCUT2D eigenvalue weighted by atomic mass is 10.0. The van der Waals surface area contributed by atoms with Gasteiger partial charge in [0.15, 0.2) is 6.10 Å². The van der Waals surface area contributed by atoms with E-state index < -0.39 is 6.10 Å². The summed E-state index contributed by atoms with van der Waals surface area (Å²) in [7, 11) is 0. The molecule has 0 radical (unpaired) electrons. The van der Waals surface area contributed by atoms with Crippen molar-refractivity contribution in [2.45, 2.75) is 348 Å². The zero-order valence-corrected chi connectivity index (χ0v) is 45.5. The van der Waals surface area contributed by atoms with E-state index in [0.29, 0.717) is 19.3 Å². The molecule has 0 aliphatic carbocycles. The van der Waals surface area contributed by atoms with Crippen LogP contribution in [-0.2, 0) is 28.6 Å². The van der Waals surface area contributed by atoms with Crippen LogP contribution in [0.1, 0.15) is 342 Å². The minimum Gasteiger partial charge on any atom is -0.462 e. The van der Waals surface area contributed by atoms with Crippen LogP contribution in [0.3, 0.4) is 0 Å². The molecular formula is C61H116O6. The lowest BCUT2D eigenvalue weighted by Crippen LogP contribution is -2.30. The van der Waals surface area contributed by atoms with Gasteiger partial charge in [-0.15, -0.1) is 0 Å². The van der Waals surface area contributed by atoms with Crippen molar-refractivity contribution < 1.29 is 28.6 Å². The lowest BCUT2D eigenvalue weighted by molar-refractivity contribution is -0.167. The quantitative estimate of drug-likeness (QED) is 0.0262. The fourth-order valence-electron chi connectivity index (χ4n) is 9.21. The van der Waals surface area contributed by atoms with Gasteiger partial charge in [0.1, 0.15) is 13.2 Å². The summed E-state index contributed by atoms with van der Waals surface area (Å²) < 4.78 is 16.9.